The van der Waals surface area contributed by atoms with E-state index in [1.807, 2.05) is 30.3 Å². The summed E-state index contributed by atoms with van der Waals surface area (Å²) in [4.78, 5) is 12.1. The Kier molecular flexibility index (Phi) is 4.90. The fraction of sp³-hybridized carbons (Fsp3) is 0.188. The van der Waals surface area contributed by atoms with Crippen LogP contribution in [0.2, 0.25) is 0 Å². The highest BCUT2D eigenvalue weighted by atomic mass is 19.1. The summed E-state index contributed by atoms with van der Waals surface area (Å²) in [6.07, 6.45) is 0.484. The monoisotopic (exact) mass is 288 g/mol. The Morgan fingerprint density at radius 1 is 1.24 bits per heavy atom. The highest BCUT2D eigenvalue weighted by molar-refractivity contribution is 5.99. The third-order valence-electron chi connectivity index (χ3n) is 3.14. The molecular formula is C16H17FN2O2. The van der Waals surface area contributed by atoms with Gasteiger partial charge in [-0.1, -0.05) is 30.3 Å². The Balaban J connectivity index is 2.07. The number of rotatable bonds is 5. The van der Waals surface area contributed by atoms with Crippen molar-refractivity contribution in [3.63, 3.8) is 0 Å². The minimum atomic E-state index is -0.530. The molecule has 0 heterocycles. The van der Waals surface area contributed by atoms with Crippen LogP contribution in [0.3, 0.4) is 0 Å². The van der Waals surface area contributed by atoms with Gasteiger partial charge in [0.2, 0.25) is 0 Å². The normalized spacial score (nSPS) is 11.9. The van der Waals surface area contributed by atoms with Gasteiger partial charge in [-0.05, 0) is 30.2 Å². The number of hydrogen-bond donors (Lipinski definition) is 3. The number of nitrogens with one attached hydrogen (secondary N) is 1. The van der Waals surface area contributed by atoms with Crippen molar-refractivity contribution in [3.05, 3.63) is 65.5 Å². The van der Waals surface area contributed by atoms with Crippen molar-refractivity contribution in [1.29, 1.82) is 0 Å². The largest absolute Gasteiger partial charge is 0.398 e. The van der Waals surface area contributed by atoms with E-state index in [9.17, 15) is 14.3 Å². The number of hydrogen-bond acceptors (Lipinski definition) is 3. The van der Waals surface area contributed by atoms with Crippen LogP contribution in [0.1, 0.15) is 15.9 Å². The van der Waals surface area contributed by atoms with Crippen LogP contribution in [-0.4, -0.2) is 23.7 Å². The molecule has 0 radical (unpaired) electrons. The van der Waals surface area contributed by atoms with Crippen molar-refractivity contribution in [2.75, 3.05) is 12.3 Å². The van der Waals surface area contributed by atoms with Crippen molar-refractivity contribution in [2.24, 2.45) is 0 Å². The number of carbonyl (C=O) groups excluding carboxylic acids is 1. The minimum Gasteiger partial charge on any atom is -0.398 e. The molecule has 5 heteroatoms. The highest BCUT2D eigenvalue weighted by Crippen LogP contribution is 2.13. The van der Waals surface area contributed by atoms with Crippen LogP contribution in [0, 0.1) is 5.82 Å². The second kappa shape index (κ2) is 6.85. The summed E-state index contributed by atoms with van der Waals surface area (Å²) in [6.45, 7) is -0.212. The second-order valence-corrected chi connectivity index (χ2v) is 4.77. The zero-order valence-corrected chi connectivity index (χ0v) is 11.4. The number of carbonyl (C=O) groups is 1. The number of aliphatic hydroxyl groups excluding tert-OH is 1. The number of anilines is 1. The number of amides is 1. The van der Waals surface area contributed by atoms with Crippen molar-refractivity contribution >= 4 is 11.6 Å². The summed E-state index contributed by atoms with van der Waals surface area (Å²) in [5, 5.41) is 12.1. The Hall–Kier alpha value is -2.40. The molecule has 0 fully saturated rings. The zero-order chi connectivity index (χ0) is 15.2. The quantitative estimate of drug-likeness (QED) is 0.734. The summed E-state index contributed by atoms with van der Waals surface area (Å²) in [6, 6.07) is 12.6. The lowest BCUT2D eigenvalue weighted by Gasteiger charge is -2.17. The molecule has 4 nitrogen and oxygen atoms in total. The zero-order valence-electron chi connectivity index (χ0n) is 11.4. The third-order valence-corrected chi connectivity index (χ3v) is 3.14. The van der Waals surface area contributed by atoms with E-state index in [4.69, 9.17) is 5.73 Å². The van der Waals surface area contributed by atoms with E-state index in [0.717, 1.165) is 11.6 Å². The van der Waals surface area contributed by atoms with Crippen molar-refractivity contribution < 1.29 is 14.3 Å². The maximum absolute atomic E-state index is 13.2. The average molecular weight is 288 g/mol. The van der Waals surface area contributed by atoms with Crippen LogP contribution in [0.15, 0.2) is 48.5 Å². The van der Waals surface area contributed by atoms with Gasteiger partial charge in [0, 0.05) is 5.69 Å². The van der Waals surface area contributed by atoms with Gasteiger partial charge < -0.3 is 16.2 Å². The van der Waals surface area contributed by atoms with E-state index in [-0.39, 0.29) is 17.9 Å². The fourth-order valence-electron chi connectivity index (χ4n) is 2.05. The number of nitrogen functional groups attached to an aromatic ring is 1. The maximum atomic E-state index is 13.2. The predicted octanol–water partition coefficient (Wildman–Crippen LogP) is 1.74. The van der Waals surface area contributed by atoms with Gasteiger partial charge in [-0.2, -0.15) is 0 Å². The van der Waals surface area contributed by atoms with Crippen molar-refractivity contribution in [2.45, 2.75) is 12.5 Å². The molecule has 110 valence electrons. The average Bonchev–Trinajstić information content (AvgIpc) is 2.50. The standard InChI is InChI=1S/C16H17FN2O2/c17-12-6-7-15(18)14(9-12)16(21)19-13(10-20)8-11-4-2-1-3-5-11/h1-7,9,13,20H,8,10,18H2,(H,19,21)/t13-/m0/s1. The van der Waals surface area contributed by atoms with Crippen LogP contribution < -0.4 is 11.1 Å². The Morgan fingerprint density at radius 2 is 1.95 bits per heavy atom. The maximum Gasteiger partial charge on any atom is 0.253 e. The molecule has 21 heavy (non-hydrogen) atoms. The Bertz CT molecular complexity index is 617. The third kappa shape index (κ3) is 4.03. The molecule has 1 amide bonds. The molecule has 2 aromatic rings. The summed E-state index contributed by atoms with van der Waals surface area (Å²) in [5.41, 5.74) is 6.93. The second-order valence-electron chi connectivity index (χ2n) is 4.77. The first kappa shape index (κ1) is 15.0. The van der Waals surface area contributed by atoms with Gasteiger partial charge in [0.25, 0.3) is 5.91 Å². The van der Waals surface area contributed by atoms with E-state index in [1.165, 1.54) is 12.1 Å². The molecular weight excluding hydrogens is 271 g/mol. The molecule has 0 unspecified atom stereocenters. The summed E-state index contributed by atoms with van der Waals surface area (Å²) >= 11 is 0. The van der Waals surface area contributed by atoms with E-state index in [1.54, 1.807) is 0 Å². The van der Waals surface area contributed by atoms with Gasteiger partial charge in [-0.15, -0.1) is 0 Å². The van der Waals surface area contributed by atoms with Crippen LogP contribution in [0.25, 0.3) is 0 Å². The molecule has 0 saturated carbocycles. The molecule has 0 aliphatic heterocycles. The van der Waals surface area contributed by atoms with E-state index < -0.39 is 17.8 Å². The molecule has 0 aliphatic carbocycles. The van der Waals surface area contributed by atoms with Crippen LogP contribution in [0.4, 0.5) is 10.1 Å². The molecule has 4 N–H and O–H groups in total. The minimum absolute atomic E-state index is 0.0708. The predicted molar refractivity (Wildman–Crippen MR) is 79.3 cm³/mol. The number of halogens is 1. The van der Waals surface area contributed by atoms with Gasteiger partial charge in [0.1, 0.15) is 5.82 Å². The molecule has 2 aromatic carbocycles. The SMILES string of the molecule is Nc1ccc(F)cc1C(=O)N[C@H](CO)Cc1ccccc1. The highest BCUT2D eigenvalue weighted by Gasteiger charge is 2.16. The lowest BCUT2D eigenvalue weighted by Crippen LogP contribution is -2.39. The lowest BCUT2D eigenvalue weighted by atomic mass is 10.1. The van der Waals surface area contributed by atoms with Crippen LogP contribution in [0.5, 0.6) is 0 Å². The van der Waals surface area contributed by atoms with Crippen LogP contribution in [-0.2, 0) is 6.42 Å². The number of aliphatic hydroxyl groups is 1. The number of benzene rings is 2. The number of nitrogens with two attached hydrogens (primary N) is 1. The first-order chi connectivity index (χ1) is 10.1. The van der Waals surface area contributed by atoms with Gasteiger partial charge in [0.15, 0.2) is 0 Å². The molecule has 0 spiro atoms. The molecule has 1 atom stereocenters. The Labute approximate surface area is 122 Å². The molecule has 0 bridgehead atoms. The Morgan fingerprint density at radius 3 is 2.62 bits per heavy atom. The van der Waals surface area contributed by atoms with Gasteiger partial charge >= 0.3 is 0 Å². The summed E-state index contributed by atoms with van der Waals surface area (Å²) in [7, 11) is 0. The molecule has 0 aliphatic rings. The summed E-state index contributed by atoms with van der Waals surface area (Å²) < 4.78 is 13.2. The van der Waals surface area contributed by atoms with E-state index in [0.29, 0.717) is 6.42 Å². The fourth-order valence-corrected chi connectivity index (χ4v) is 2.05. The van der Waals surface area contributed by atoms with Crippen molar-refractivity contribution in [3.8, 4) is 0 Å². The molecule has 0 aromatic heterocycles. The molecule has 0 saturated heterocycles. The van der Waals surface area contributed by atoms with Gasteiger partial charge in [-0.3, -0.25) is 4.79 Å². The van der Waals surface area contributed by atoms with Crippen molar-refractivity contribution in [1.82, 2.24) is 5.32 Å². The smallest absolute Gasteiger partial charge is 0.253 e. The summed E-state index contributed by atoms with van der Waals surface area (Å²) in [5.74, 6) is -1.03. The van der Waals surface area contributed by atoms with E-state index in [2.05, 4.69) is 5.32 Å². The topological polar surface area (TPSA) is 75.4 Å². The lowest BCUT2D eigenvalue weighted by molar-refractivity contribution is 0.0917. The van der Waals surface area contributed by atoms with Gasteiger partial charge in [0.05, 0.1) is 18.2 Å². The molecule has 2 rings (SSSR count). The van der Waals surface area contributed by atoms with E-state index >= 15 is 0 Å². The van der Waals surface area contributed by atoms with Gasteiger partial charge in [-0.25, -0.2) is 4.39 Å². The first-order valence-electron chi connectivity index (χ1n) is 6.61. The van der Waals surface area contributed by atoms with Crippen LogP contribution >= 0.6 is 0 Å². The first-order valence-corrected chi connectivity index (χ1v) is 6.61.